The first-order valence-electron chi connectivity index (χ1n) is 8.92. The quantitative estimate of drug-likeness (QED) is 0.891. The zero-order valence-corrected chi connectivity index (χ0v) is 16.3. The largest absolute Gasteiger partial charge is 0.497 e. The van der Waals surface area contributed by atoms with Crippen molar-refractivity contribution in [1.29, 1.82) is 0 Å². The topological polar surface area (TPSA) is 44.8 Å². The smallest absolute Gasteiger partial charge is 0.240 e. The molecule has 0 bridgehead atoms. The fourth-order valence-corrected chi connectivity index (χ4v) is 3.81. The Balaban J connectivity index is 0.00000225. The number of hydrogen-bond acceptors (Lipinski definition) is 4. The van der Waals surface area contributed by atoms with E-state index in [1.54, 1.807) is 7.11 Å². The van der Waals surface area contributed by atoms with Crippen LogP contribution in [0.5, 0.6) is 5.75 Å². The first kappa shape index (κ1) is 19.9. The summed E-state index contributed by atoms with van der Waals surface area (Å²) in [5.74, 6) is 1.14. The molecule has 3 rings (SSSR count). The zero-order chi connectivity index (χ0) is 17.2. The van der Waals surface area contributed by atoms with Crippen LogP contribution in [0.1, 0.15) is 26.7 Å². The standard InChI is InChI=1S/C19H29N3O2.ClH/c1-19(2)8-5-9-20-17(19)18(23)22-12-10-21(11-13-22)15-6-4-7-16(14-15)24-3;/h4,6-7,14,17,20H,5,8-13H2,1-3H3;1H. The van der Waals surface area contributed by atoms with E-state index in [0.29, 0.717) is 0 Å². The van der Waals surface area contributed by atoms with Gasteiger partial charge in [-0.1, -0.05) is 19.9 Å². The molecule has 5 nitrogen and oxygen atoms in total. The molecule has 0 spiro atoms. The van der Waals surface area contributed by atoms with E-state index in [4.69, 9.17) is 4.74 Å². The van der Waals surface area contributed by atoms with Crippen LogP contribution in [0, 0.1) is 5.41 Å². The van der Waals surface area contributed by atoms with Crippen molar-refractivity contribution in [1.82, 2.24) is 10.2 Å². The minimum atomic E-state index is -0.0466. The highest BCUT2D eigenvalue weighted by Gasteiger charge is 2.39. The van der Waals surface area contributed by atoms with Crippen LogP contribution in [0.4, 0.5) is 5.69 Å². The van der Waals surface area contributed by atoms with Gasteiger partial charge in [0, 0.05) is 37.9 Å². The third-order valence-electron chi connectivity index (χ3n) is 5.38. The molecule has 1 amide bonds. The molecule has 1 N–H and O–H groups in total. The predicted octanol–water partition coefficient (Wildman–Crippen LogP) is 2.54. The van der Waals surface area contributed by atoms with Gasteiger partial charge in [-0.05, 0) is 36.9 Å². The first-order valence-corrected chi connectivity index (χ1v) is 8.92. The van der Waals surface area contributed by atoms with Gasteiger partial charge < -0.3 is 19.9 Å². The van der Waals surface area contributed by atoms with Crippen molar-refractivity contribution in [3.63, 3.8) is 0 Å². The highest BCUT2D eigenvalue weighted by Crippen LogP contribution is 2.31. The number of carbonyl (C=O) groups excluding carboxylic acids is 1. The Labute approximate surface area is 157 Å². The van der Waals surface area contributed by atoms with Crippen LogP contribution >= 0.6 is 12.4 Å². The van der Waals surface area contributed by atoms with Gasteiger partial charge in [0.2, 0.25) is 5.91 Å². The van der Waals surface area contributed by atoms with E-state index in [9.17, 15) is 4.79 Å². The molecule has 0 aliphatic carbocycles. The van der Waals surface area contributed by atoms with Crippen LogP contribution in [0.3, 0.4) is 0 Å². The van der Waals surface area contributed by atoms with Gasteiger partial charge in [-0.15, -0.1) is 12.4 Å². The Hall–Kier alpha value is -1.46. The molecular weight excluding hydrogens is 338 g/mol. The number of hydrogen-bond donors (Lipinski definition) is 1. The van der Waals surface area contributed by atoms with E-state index >= 15 is 0 Å². The van der Waals surface area contributed by atoms with Gasteiger partial charge in [-0.25, -0.2) is 0 Å². The Morgan fingerprint density at radius 2 is 1.96 bits per heavy atom. The molecule has 2 heterocycles. The molecule has 2 fully saturated rings. The van der Waals surface area contributed by atoms with Crippen LogP contribution in [0.15, 0.2) is 24.3 Å². The van der Waals surface area contributed by atoms with Crippen molar-refractivity contribution < 1.29 is 9.53 Å². The number of methoxy groups -OCH3 is 1. The second-order valence-corrected chi connectivity index (χ2v) is 7.49. The van der Waals surface area contributed by atoms with Crippen molar-refractivity contribution in [2.24, 2.45) is 5.41 Å². The molecule has 1 aromatic carbocycles. The van der Waals surface area contributed by atoms with Crippen LogP contribution in [-0.4, -0.2) is 56.7 Å². The number of benzene rings is 1. The van der Waals surface area contributed by atoms with E-state index in [-0.39, 0.29) is 29.8 Å². The molecule has 2 aliphatic heterocycles. The Kier molecular flexibility index (Phi) is 6.58. The van der Waals surface area contributed by atoms with Crippen molar-refractivity contribution in [2.45, 2.75) is 32.7 Å². The van der Waals surface area contributed by atoms with Crippen LogP contribution in [-0.2, 0) is 4.79 Å². The maximum Gasteiger partial charge on any atom is 0.240 e. The second kappa shape index (κ2) is 8.28. The minimum Gasteiger partial charge on any atom is -0.497 e. The molecule has 25 heavy (non-hydrogen) atoms. The second-order valence-electron chi connectivity index (χ2n) is 7.49. The van der Waals surface area contributed by atoms with E-state index in [1.165, 1.54) is 0 Å². The molecule has 0 radical (unpaired) electrons. The van der Waals surface area contributed by atoms with E-state index in [0.717, 1.165) is 57.0 Å². The van der Waals surface area contributed by atoms with E-state index < -0.39 is 0 Å². The van der Waals surface area contributed by atoms with Crippen LogP contribution < -0.4 is 15.0 Å². The Bertz CT molecular complexity index is 586. The summed E-state index contributed by atoms with van der Waals surface area (Å²) in [7, 11) is 1.69. The lowest BCUT2D eigenvalue weighted by molar-refractivity contribution is -0.137. The number of nitrogens with one attached hydrogen (secondary N) is 1. The monoisotopic (exact) mass is 367 g/mol. The Morgan fingerprint density at radius 3 is 2.60 bits per heavy atom. The normalized spacial score (nSPS) is 22.9. The van der Waals surface area contributed by atoms with Gasteiger partial charge in [0.1, 0.15) is 5.75 Å². The number of amides is 1. The summed E-state index contributed by atoms with van der Waals surface area (Å²) >= 11 is 0. The average Bonchev–Trinajstić information content (AvgIpc) is 2.61. The summed E-state index contributed by atoms with van der Waals surface area (Å²) in [4.78, 5) is 17.3. The lowest BCUT2D eigenvalue weighted by Gasteiger charge is -2.43. The van der Waals surface area contributed by atoms with Crippen molar-refractivity contribution in [3.8, 4) is 5.75 Å². The molecule has 6 heteroatoms. The third-order valence-corrected chi connectivity index (χ3v) is 5.38. The van der Waals surface area contributed by atoms with Crippen LogP contribution in [0.2, 0.25) is 0 Å². The summed E-state index contributed by atoms with van der Waals surface area (Å²) in [5, 5.41) is 3.44. The van der Waals surface area contributed by atoms with E-state index in [2.05, 4.69) is 36.2 Å². The van der Waals surface area contributed by atoms with E-state index in [1.807, 2.05) is 17.0 Å². The summed E-state index contributed by atoms with van der Waals surface area (Å²) in [6.07, 6.45) is 2.26. The molecule has 1 aromatic rings. The molecular formula is C19H30ClN3O2. The number of piperidine rings is 1. The number of halogens is 1. The van der Waals surface area contributed by atoms with Gasteiger partial charge in [-0.3, -0.25) is 4.79 Å². The number of ether oxygens (including phenoxy) is 1. The minimum absolute atomic E-state index is 0. The fraction of sp³-hybridized carbons (Fsp3) is 0.632. The lowest BCUT2D eigenvalue weighted by Crippen LogP contribution is -2.59. The maximum absolute atomic E-state index is 12.9. The lowest BCUT2D eigenvalue weighted by atomic mass is 9.77. The molecule has 1 atom stereocenters. The molecule has 140 valence electrons. The maximum atomic E-state index is 12.9. The zero-order valence-electron chi connectivity index (χ0n) is 15.5. The number of anilines is 1. The third kappa shape index (κ3) is 4.39. The van der Waals surface area contributed by atoms with Gasteiger partial charge in [0.15, 0.2) is 0 Å². The highest BCUT2D eigenvalue weighted by molar-refractivity contribution is 5.85. The number of nitrogens with zero attached hydrogens (tertiary/aromatic N) is 2. The van der Waals surface area contributed by atoms with Crippen molar-refractivity contribution in [3.05, 3.63) is 24.3 Å². The average molecular weight is 368 g/mol. The van der Waals surface area contributed by atoms with Gasteiger partial charge >= 0.3 is 0 Å². The summed E-state index contributed by atoms with van der Waals surface area (Å²) < 4.78 is 5.31. The van der Waals surface area contributed by atoms with Crippen molar-refractivity contribution >= 4 is 24.0 Å². The van der Waals surface area contributed by atoms with Crippen LogP contribution in [0.25, 0.3) is 0 Å². The summed E-state index contributed by atoms with van der Waals surface area (Å²) in [6, 6.07) is 8.09. The molecule has 2 saturated heterocycles. The SMILES string of the molecule is COc1cccc(N2CCN(C(=O)C3NCCCC3(C)C)CC2)c1.Cl. The summed E-state index contributed by atoms with van der Waals surface area (Å²) in [6.45, 7) is 8.65. The molecule has 2 aliphatic rings. The van der Waals surface area contributed by atoms with Gasteiger partial charge in [0.05, 0.1) is 13.2 Å². The van der Waals surface area contributed by atoms with Gasteiger partial charge in [0.25, 0.3) is 0 Å². The fourth-order valence-electron chi connectivity index (χ4n) is 3.81. The predicted molar refractivity (Wildman–Crippen MR) is 104 cm³/mol. The van der Waals surface area contributed by atoms with Crippen molar-refractivity contribution in [2.75, 3.05) is 44.7 Å². The number of carbonyl (C=O) groups is 1. The molecule has 1 unspecified atom stereocenters. The highest BCUT2D eigenvalue weighted by atomic mass is 35.5. The molecule has 0 saturated carbocycles. The number of piperazine rings is 1. The molecule has 0 aromatic heterocycles. The van der Waals surface area contributed by atoms with Gasteiger partial charge in [-0.2, -0.15) is 0 Å². The summed E-state index contributed by atoms with van der Waals surface area (Å²) in [5.41, 5.74) is 1.21. The first-order chi connectivity index (χ1) is 11.5. The Morgan fingerprint density at radius 1 is 1.24 bits per heavy atom. The number of rotatable bonds is 3.